The minimum absolute atomic E-state index is 0.201. The first kappa shape index (κ1) is 17.1. The summed E-state index contributed by atoms with van der Waals surface area (Å²) in [4.78, 5) is 12.7. The third kappa shape index (κ3) is 4.34. The molecule has 1 aliphatic rings. The van der Waals surface area contributed by atoms with Gasteiger partial charge in [0, 0.05) is 12.5 Å². The second kappa shape index (κ2) is 7.80. The maximum absolute atomic E-state index is 12.7. The largest absolute Gasteiger partial charge is 0.355 e. The molecule has 22 heavy (non-hydrogen) atoms. The van der Waals surface area contributed by atoms with E-state index >= 15 is 0 Å². The molecule has 0 unspecified atom stereocenters. The van der Waals surface area contributed by atoms with Crippen molar-refractivity contribution in [3.05, 3.63) is 35.9 Å². The fraction of sp³-hybridized carbons (Fsp3) is 0.650. The van der Waals surface area contributed by atoms with Gasteiger partial charge in [0.15, 0.2) is 0 Å². The molecule has 0 spiro atoms. The van der Waals surface area contributed by atoms with Crippen molar-refractivity contribution in [3.8, 4) is 0 Å². The Balaban J connectivity index is 1.92. The maximum Gasteiger partial charge on any atom is 0.223 e. The second-order valence-corrected chi connectivity index (χ2v) is 7.49. The van der Waals surface area contributed by atoms with Gasteiger partial charge in [-0.05, 0) is 42.1 Å². The summed E-state index contributed by atoms with van der Waals surface area (Å²) in [5, 5.41) is 3.22. The van der Waals surface area contributed by atoms with E-state index < -0.39 is 0 Å². The third-order valence-electron chi connectivity index (χ3n) is 5.31. The quantitative estimate of drug-likeness (QED) is 0.845. The van der Waals surface area contributed by atoms with E-state index in [-0.39, 0.29) is 11.8 Å². The lowest BCUT2D eigenvalue weighted by Crippen LogP contribution is -2.41. The van der Waals surface area contributed by atoms with Gasteiger partial charge in [-0.3, -0.25) is 4.79 Å². The van der Waals surface area contributed by atoms with Gasteiger partial charge in [-0.2, -0.15) is 0 Å². The molecule has 2 nitrogen and oxygen atoms in total. The van der Waals surface area contributed by atoms with Gasteiger partial charge in [-0.15, -0.1) is 0 Å². The van der Waals surface area contributed by atoms with Crippen LogP contribution in [0.3, 0.4) is 0 Å². The summed E-state index contributed by atoms with van der Waals surface area (Å²) in [5.41, 5.74) is 1.29. The fourth-order valence-corrected chi connectivity index (χ4v) is 3.79. The molecular formula is C20H31NO. The van der Waals surface area contributed by atoms with Crippen LogP contribution in [-0.2, 0) is 4.79 Å². The highest BCUT2D eigenvalue weighted by atomic mass is 16.1. The van der Waals surface area contributed by atoms with E-state index in [4.69, 9.17) is 0 Å². The highest BCUT2D eigenvalue weighted by Crippen LogP contribution is 2.38. The van der Waals surface area contributed by atoms with Crippen LogP contribution < -0.4 is 5.32 Å². The van der Waals surface area contributed by atoms with Crippen molar-refractivity contribution in [1.29, 1.82) is 0 Å². The van der Waals surface area contributed by atoms with E-state index in [0.29, 0.717) is 23.7 Å². The Bertz CT molecular complexity index is 468. The Labute approximate surface area is 135 Å². The van der Waals surface area contributed by atoms with E-state index in [1.165, 1.54) is 18.4 Å². The Hall–Kier alpha value is -1.31. The van der Waals surface area contributed by atoms with Crippen molar-refractivity contribution >= 4 is 5.91 Å². The Morgan fingerprint density at radius 2 is 1.86 bits per heavy atom. The molecule has 2 rings (SSSR count). The van der Waals surface area contributed by atoms with Crippen molar-refractivity contribution in [2.24, 2.45) is 23.7 Å². The van der Waals surface area contributed by atoms with Crippen LogP contribution in [0.5, 0.6) is 0 Å². The van der Waals surface area contributed by atoms with Crippen LogP contribution in [0.15, 0.2) is 30.3 Å². The summed E-state index contributed by atoms with van der Waals surface area (Å²) in [6, 6.07) is 10.4. The predicted octanol–water partition coefficient (Wildman–Crippen LogP) is 4.61. The minimum Gasteiger partial charge on any atom is -0.355 e. The molecular weight excluding hydrogens is 270 g/mol. The number of amides is 1. The number of carbonyl (C=O) groups is 1. The number of hydrogen-bond donors (Lipinski definition) is 1. The van der Waals surface area contributed by atoms with Crippen LogP contribution in [0, 0.1) is 23.7 Å². The van der Waals surface area contributed by atoms with Crippen LogP contribution >= 0.6 is 0 Å². The average Bonchev–Trinajstić information content (AvgIpc) is 2.52. The van der Waals surface area contributed by atoms with Crippen LogP contribution in [-0.4, -0.2) is 12.5 Å². The molecule has 0 aromatic heterocycles. The molecule has 2 heteroatoms. The molecule has 1 aromatic rings. The van der Waals surface area contributed by atoms with Gasteiger partial charge in [-0.1, -0.05) is 64.4 Å². The van der Waals surface area contributed by atoms with Crippen LogP contribution in [0.4, 0.5) is 0 Å². The van der Waals surface area contributed by atoms with Crippen molar-refractivity contribution in [1.82, 2.24) is 5.32 Å². The maximum atomic E-state index is 12.7. The highest BCUT2D eigenvalue weighted by molar-refractivity contribution is 5.79. The topological polar surface area (TPSA) is 29.1 Å². The predicted molar refractivity (Wildman–Crippen MR) is 92.7 cm³/mol. The SMILES string of the molecule is CC(C)[C@@H]1CC[C@@H](C)C[C@H]1C(=O)NC[C@@H](C)c1ccccc1. The summed E-state index contributed by atoms with van der Waals surface area (Å²) in [6.45, 7) is 9.71. The van der Waals surface area contributed by atoms with Gasteiger partial charge in [0.25, 0.3) is 0 Å². The zero-order chi connectivity index (χ0) is 16.1. The van der Waals surface area contributed by atoms with Gasteiger partial charge in [0.1, 0.15) is 0 Å². The third-order valence-corrected chi connectivity index (χ3v) is 5.31. The summed E-state index contributed by atoms with van der Waals surface area (Å²) in [6.07, 6.45) is 3.52. The van der Waals surface area contributed by atoms with Gasteiger partial charge < -0.3 is 5.32 Å². The Morgan fingerprint density at radius 1 is 1.18 bits per heavy atom. The lowest BCUT2D eigenvalue weighted by molar-refractivity contribution is -0.129. The number of nitrogens with one attached hydrogen (secondary N) is 1. The molecule has 0 aliphatic heterocycles. The molecule has 1 aliphatic carbocycles. The summed E-state index contributed by atoms with van der Waals surface area (Å²) in [7, 11) is 0. The molecule has 0 radical (unpaired) electrons. The van der Waals surface area contributed by atoms with Gasteiger partial charge >= 0.3 is 0 Å². The van der Waals surface area contributed by atoms with Crippen LogP contribution in [0.25, 0.3) is 0 Å². The van der Waals surface area contributed by atoms with Crippen LogP contribution in [0.1, 0.15) is 58.4 Å². The lowest BCUT2D eigenvalue weighted by Gasteiger charge is -2.36. The first-order valence-corrected chi connectivity index (χ1v) is 8.81. The smallest absolute Gasteiger partial charge is 0.223 e. The number of rotatable bonds is 5. The zero-order valence-corrected chi connectivity index (χ0v) is 14.5. The Kier molecular flexibility index (Phi) is 6.05. The average molecular weight is 301 g/mol. The van der Waals surface area contributed by atoms with Gasteiger partial charge in [0.2, 0.25) is 5.91 Å². The van der Waals surface area contributed by atoms with Crippen molar-refractivity contribution in [3.63, 3.8) is 0 Å². The molecule has 0 saturated heterocycles. The number of hydrogen-bond acceptors (Lipinski definition) is 1. The molecule has 1 saturated carbocycles. The lowest BCUT2D eigenvalue weighted by atomic mass is 9.70. The summed E-state index contributed by atoms with van der Waals surface area (Å²) >= 11 is 0. The molecule has 1 N–H and O–H groups in total. The monoisotopic (exact) mass is 301 g/mol. The Morgan fingerprint density at radius 3 is 2.50 bits per heavy atom. The zero-order valence-electron chi connectivity index (χ0n) is 14.5. The fourth-order valence-electron chi connectivity index (χ4n) is 3.79. The number of carbonyl (C=O) groups excluding carboxylic acids is 1. The normalized spacial score (nSPS) is 26.7. The minimum atomic E-state index is 0.201. The molecule has 1 aromatic carbocycles. The van der Waals surface area contributed by atoms with Gasteiger partial charge in [0.05, 0.1) is 0 Å². The van der Waals surface area contributed by atoms with E-state index in [1.54, 1.807) is 0 Å². The van der Waals surface area contributed by atoms with E-state index in [1.807, 2.05) is 6.07 Å². The molecule has 4 atom stereocenters. The second-order valence-electron chi connectivity index (χ2n) is 7.49. The standard InChI is InChI=1S/C20H31NO/c1-14(2)18-11-10-15(3)12-19(18)20(22)21-13-16(4)17-8-6-5-7-9-17/h5-9,14-16,18-19H,10-13H2,1-4H3,(H,21,22)/t15-,16-,18+,19-/m1/s1. The van der Waals surface area contributed by atoms with Gasteiger partial charge in [-0.25, -0.2) is 0 Å². The molecule has 0 bridgehead atoms. The first-order chi connectivity index (χ1) is 10.5. The highest BCUT2D eigenvalue weighted by Gasteiger charge is 2.35. The van der Waals surface area contributed by atoms with Crippen LogP contribution in [0.2, 0.25) is 0 Å². The van der Waals surface area contributed by atoms with E-state index in [9.17, 15) is 4.79 Å². The van der Waals surface area contributed by atoms with E-state index in [0.717, 1.165) is 13.0 Å². The summed E-state index contributed by atoms with van der Waals surface area (Å²) in [5.74, 6) is 2.65. The van der Waals surface area contributed by atoms with E-state index in [2.05, 4.69) is 57.3 Å². The van der Waals surface area contributed by atoms with Crippen molar-refractivity contribution in [2.75, 3.05) is 6.54 Å². The summed E-state index contributed by atoms with van der Waals surface area (Å²) < 4.78 is 0. The molecule has 1 fully saturated rings. The molecule has 0 heterocycles. The van der Waals surface area contributed by atoms with Crippen molar-refractivity contribution < 1.29 is 4.79 Å². The molecule has 122 valence electrons. The molecule has 1 amide bonds. The first-order valence-electron chi connectivity index (χ1n) is 8.81. The number of benzene rings is 1. The van der Waals surface area contributed by atoms with Crippen molar-refractivity contribution in [2.45, 2.75) is 52.9 Å².